The van der Waals surface area contributed by atoms with Gasteiger partial charge >= 0.3 is 0 Å². The van der Waals surface area contributed by atoms with Crippen molar-refractivity contribution in [3.63, 3.8) is 0 Å². The van der Waals surface area contributed by atoms with E-state index < -0.39 is 0 Å². The van der Waals surface area contributed by atoms with Crippen LogP contribution in [0.2, 0.25) is 0 Å². The highest BCUT2D eigenvalue weighted by molar-refractivity contribution is 7.98. The molecule has 5 heteroatoms. The molecule has 1 aliphatic carbocycles. The molecular weight excluding hydrogens is 294 g/mol. The molecule has 116 valence electrons. The number of carbonyl (C=O) groups excluding carboxylic acids is 1. The Hall–Kier alpha value is -1.62. The van der Waals surface area contributed by atoms with Gasteiger partial charge in [0, 0.05) is 17.4 Å². The number of hydrogen-bond acceptors (Lipinski definition) is 4. The number of aromatic nitrogens is 3. The van der Waals surface area contributed by atoms with Crippen molar-refractivity contribution in [2.45, 2.75) is 57.5 Å². The second-order valence-corrected chi connectivity index (χ2v) is 7.03. The van der Waals surface area contributed by atoms with Crippen molar-refractivity contribution in [3.8, 4) is 0 Å². The molecule has 2 aromatic rings. The molecule has 4 nitrogen and oxygen atoms in total. The maximum Gasteiger partial charge on any atom is 0.191 e. The maximum absolute atomic E-state index is 11.9. The zero-order valence-electron chi connectivity index (χ0n) is 13.5. The number of carbonyl (C=O) groups is 1. The molecule has 0 atom stereocenters. The van der Waals surface area contributed by atoms with Crippen molar-refractivity contribution in [2.24, 2.45) is 0 Å². The summed E-state index contributed by atoms with van der Waals surface area (Å²) in [7, 11) is 0. The minimum Gasteiger partial charge on any atom is -0.306 e. The Morgan fingerprint density at radius 1 is 1.32 bits per heavy atom. The Labute approximate surface area is 135 Å². The van der Waals surface area contributed by atoms with Gasteiger partial charge in [0.2, 0.25) is 0 Å². The largest absolute Gasteiger partial charge is 0.306 e. The predicted molar refractivity (Wildman–Crippen MR) is 88.5 cm³/mol. The van der Waals surface area contributed by atoms with E-state index >= 15 is 0 Å². The first kappa shape index (κ1) is 15.3. The maximum atomic E-state index is 11.9. The van der Waals surface area contributed by atoms with E-state index in [4.69, 9.17) is 0 Å². The quantitative estimate of drug-likeness (QED) is 0.617. The highest BCUT2D eigenvalue weighted by Crippen LogP contribution is 2.38. The van der Waals surface area contributed by atoms with Gasteiger partial charge < -0.3 is 4.57 Å². The molecule has 0 bridgehead atoms. The molecule has 1 saturated carbocycles. The predicted octanol–water partition coefficient (Wildman–Crippen LogP) is 4.03. The number of nitrogens with zero attached hydrogens (tertiary/aromatic N) is 3. The van der Waals surface area contributed by atoms with Crippen molar-refractivity contribution in [3.05, 3.63) is 40.2 Å². The van der Waals surface area contributed by atoms with Crippen LogP contribution < -0.4 is 0 Å². The fourth-order valence-corrected chi connectivity index (χ4v) is 4.23. The number of ketones is 1. The molecule has 1 fully saturated rings. The molecule has 0 spiro atoms. The van der Waals surface area contributed by atoms with Crippen LogP contribution >= 0.6 is 11.8 Å². The van der Waals surface area contributed by atoms with Crippen LogP contribution in [-0.2, 0) is 5.75 Å². The number of thioether (sulfide) groups is 1. The molecule has 0 N–H and O–H groups in total. The molecule has 0 aliphatic heterocycles. The molecule has 0 unspecified atom stereocenters. The highest BCUT2D eigenvalue weighted by Gasteiger charge is 2.26. The van der Waals surface area contributed by atoms with Gasteiger partial charge in [-0.3, -0.25) is 4.79 Å². The summed E-state index contributed by atoms with van der Waals surface area (Å²) in [5.41, 5.74) is 5.52. The Morgan fingerprint density at radius 3 is 2.68 bits per heavy atom. The summed E-state index contributed by atoms with van der Waals surface area (Å²) in [6.45, 7) is 7.83. The van der Waals surface area contributed by atoms with Gasteiger partial charge in [-0.25, -0.2) is 0 Å². The summed E-state index contributed by atoms with van der Waals surface area (Å²) in [6, 6.07) is 2.70. The van der Waals surface area contributed by atoms with Crippen LogP contribution in [0.25, 0.3) is 0 Å². The molecular formula is C17H21N3OS. The van der Waals surface area contributed by atoms with E-state index in [-0.39, 0.29) is 5.78 Å². The Bertz CT molecular complexity index is 732. The van der Waals surface area contributed by atoms with Crippen LogP contribution in [0.1, 0.15) is 58.4 Å². The summed E-state index contributed by atoms with van der Waals surface area (Å²) < 4.78 is 2.18. The lowest BCUT2D eigenvalue weighted by molar-refractivity contribution is 0.101. The van der Waals surface area contributed by atoms with Gasteiger partial charge in [-0.15, -0.1) is 10.2 Å². The summed E-state index contributed by atoms with van der Waals surface area (Å²) in [5.74, 6) is 0.964. The van der Waals surface area contributed by atoms with E-state index in [0.29, 0.717) is 6.04 Å². The van der Waals surface area contributed by atoms with Gasteiger partial charge in [-0.05, 0) is 62.8 Å². The van der Waals surface area contributed by atoms with Crippen LogP contribution in [0.4, 0.5) is 0 Å². The van der Waals surface area contributed by atoms with E-state index in [2.05, 4.69) is 34.7 Å². The van der Waals surface area contributed by atoms with Crippen molar-refractivity contribution in [2.75, 3.05) is 0 Å². The van der Waals surface area contributed by atoms with Crippen molar-refractivity contribution >= 4 is 17.5 Å². The lowest BCUT2D eigenvalue weighted by atomic mass is 9.92. The van der Waals surface area contributed by atoms with Crippen LogP contribution in [0.5, 0.6) is 0 Å². The van der Waals surface area contributed by atoms with E-state index in [1.165, 1.54) is 24.0 Å². The topological polar surface area (TPSA) is 47.8 Å². The average Bonchev–Trinajstić information content (AvgIpc) is 3.17. The molecule has 0 amide bonds. The third-order valence-corrected chi connectivity index (χ3v) is 5.29. The second-order valence-electron chi connectivity index (χ2n) is 6.09. The normalized spacial score (nSPS) is 14.4. The van der Waals surface area contributed by atoms with E-state index in [9.17, 15) is 4.79 Å². The van der Waals surface area contributed by atoms with Crippen LogP contribution in [0, 0.1) is 20.8 Å². The molecule has 1 aromatic carbocycles. The smallest absolute Gasteiger partial charge is 0.191 e. The number of rotatable bonds is 5. The third-order valence-electron chi connectivity index (χ3n) is 4.31. The van der Waals surface area contributed by atoms with Crippen LogP contribution in [-0.4, -0.2) is 20.5 Å². The summed E-state index contributed by atoms with van der Waals surface area (Å²) >= 11 is 1.71. The minimum atomic E-state index is 0.141. The van der Waals surface area contributed by atoms with Gasteiger partial charge in [0.15, 0.2) is 10.9 Å². The molecule has 22 heavy (non-hydrogen) atoms. The zero-order valence-corrected chi connectivity index (χ0v) is 14.3. The standard InChI is InChI=1S/C17H21N3OS/c1-10-7-11(2)16(13(4)21)12(3)15(10)8-22-17-19-18-9-20(17)14-5-6-14/h7,9,14H,5-6,8H2,1-4H3. The molecule has 1 heterocycles. The molecule has 0 saturated heterocycles. The third kappa shape index (κ3) is 2.82. The molecule has 1 aromatic heterocycles. The SMILES string of the molecule is CC(=O)c1c(C)cc(C)c(CSc2nncn2C2CC2)c1C. The monoisotopic (exact) mass is 315 g/mol. The van der Waals surface area contributed by atoms with E-state index in [0.717, 1.165) is 27.6 Å². The van der Waals surface area contributed by atoms with Crippen molar-refractivity contribution in [1.29, 1.82) is 0 Å². The number of aryl methyl sites for hydroxylation is 2. The van der Waals surface area contributed by atoms with Crippen LogP contribution in [0.15, 0.2) is 17.6 Å². The van der Waals surface area contributed by atoms with E-state index in [1.807, 2.05) is 13.3 Å². The first-order chi connectivity index (χ1) is 10.5. The number of benzene rings is 1. The van der Waals surface area contributed by atoms with Gasteiger partial charge in [0.1, 0.15) is 6.33 Å². The summed E-state index contributed by atoms with van der Waals surface area (Å²) in [6.07, 6.45) is 4.28. The van der Waals surface area contributed by atoms with Crippen LogP contribution in [0.3, 0.4) is 0 Å². The zero-order chi connectivity index (χ0) is 15.9. The Balaban J connectivity index is 1.87. The van der Waals surface area contributed by atoms with Crippen molar-refractivity contribution < 1.29 is 4.79 Å². The lowest BCUT2D eigenvalue weighted by Crippen LogP contribution is -2.05. The number of Topliss-reactive ketones (excluding diaryl/α,β-unsaturated/α-hetero) is 1. The summed E-state index contributed by atoms with van der Waals surface area (Å²) in [5, 5.41) is 9.25. The second kappa shape index (κ2) is 5.88. The Morgan fingerprint density at radius 2 is 2.05 bits per heavy atom. The first-order valence-electron chi connectivity index (χ1n) is 7.62. The van der Waals surface area contributed by atoms with Gasteiger partial charge in [-0.1, -0.05) is 17.8 Å². The van der Waals surface area contributed by atoms with Gasteiger partial charge in [0.25, 0.3) is 0 Å². The Kier molecular flexibility index (Phi) is 4.08. The molecule has 3 rings (SSSR count). The fourth-order valence-electron chi connectivity index (χ4n) is 3.07. The first-order valence-corrected chi connectivity index (χ1v) is 8.60. The summed E-state index contributed by atoms with van der Waals surface area (Å²) in [4.78, 5) is 11.9. The number of hydrogen-bond donors (Lipinski definition) is 0. The molecule has 1 aliphatic rings. The molecule has 0 radical (unpaired) electrons. The fraction of sp³-hybridized carbons (Fsp3) is 0.471. The lowest BCUT2D eigenvalue weighted by Gasteiger charge is -2.15. The average molecular weight is 315 g/mol. The minimum absolute atomic E-state index is 0.141. The highest BCUT2D eigenvalue weighted by atomic mass is 32.2. The van der Waals surface area contributed by atoms with Gasteiger partial charge in [0.05, 0.1) is 0 Å². The van der Waals surface area contributed by atoms with Gasteiger partial charge in [-0.2, -0.15) is 0 Å². The van der Waals surface area contributed by atoms with Crippen molar-refractivity contribution in [1.82, 2.24) is 14.8 Å². The van der Waals surface area contributed by atoms with E-state index in [1.54, 1.807) is 18.7 Å².